The predicted octanol–water partition coefficient (Wildman–Crippen LogP) is 0.983. The highest BCUT2D eigenvalue weighted by atomic mass is 32.2. The molecule has 4 heteroatoms. The Morgan fingerprint density at radius 2 is 2.15 bits per heavy atom. The molecular formula is C9H20N2OS. The summed E-state index contributed by atoms with van der Waals surface area (Å²) in [5, 5.41) is 2.79. The fourth-order valence-electron chi connectivity index (χ4n) is 0.921. The van der Waals surface area contributed by atoms with Crippen LogP contribution in [-0.2, 0) is 4.79 Å². The number of carbonyl (C=O) groups excluding carboxylic acids is 1. The van der Waals surface area contributed by atoms with E-state index >= 15 is 0 Å². The maximum Gasteiger partial charge on any atom is 0.236 e. The van der Waals surface area contributed by atoms with E-state index in [0.29, 0.717) is 0 Å². The summed E-state index contributed by atoms with van der Waals surface area (Å²) in [6, 6.07) is -0.383. The van der Waals surface area contributed by atoms with Crippen molar-refractivity contribution in [3.8, 4) is 0 Å². The first-order valence-corrected chi connectivity index (χ1v) is 6.10. The average molecular weight is 204 g/mol. The number of nitrogens with one attached hydrogen (secondary N) is 1. The fraction of sp³-hybridized carbons (Fsp3) is 0.889. The van der Waals surface area contributed by atoms with E-state index in [1.54, 1.807) is 6.92 Å². The van der Waals surface area contributed by atoms with Gasteiger partial charge in [-0.3, -0.25) is 4.79 Å². The van der Waals surface area contributed by atoms with Crippen molar-refractivity contribution in [2.75, 3.05) is 18.6 Å². The molecule has 0 aromatic carbocycles. The van der Waals surface area contributed by atoms with Crippen LogP contribution in [-0.4, -0.2) is 30.5 Å². The number of amides is 1. The second kappa shape index (κ2) is 8.38. The highest BCUT2D eigenvalue weighted by molar-refractivity contribution is 7.98. The molecule has 0 bridgehead atoms. The topological polar surface area (TPSA) is 55.1 Å². The molecule has 1 atom stereocenters. The Kier molecular flexibility index (Phi) is 8.24. The molecule has 13 heavy (non-hydrogen) atoms. The minimum absolute atomic E-state index is 0.0510. The lowest BCUT2D eigenvalue weighted by molar-refractivity contribution is -0.121. The van der Waals surface area contributed by atoms with Gasteiger partial charge in [0.2, 0.25) is 5.91 Å². The van der Waals surface area contributed by atoms with Gasteiger partial charge in [-0.05, 0) is 31.8 Å². The molecule has 0 aliphatic rings. The molecule has 0 aromatic heterocycles. The predicted molar refractivity (Wildman–Crippen MR) is 58.9 cm³/mol. The summed E-state index contributed by atoms with van der Waals surface area (Å²) in [7, 11) is 0. The molecule has 0 aromatic rings. The molecule has 3 nitrogen and oxygen atoms in total. The molecule has 0 saturated heterocycles. The van der Waals surface area contributed by atoms with Gasteiger partial charge in [-0.2, -0.15) is 11.8 Å². The van der Waals surface area contributed by atoms with Gasteiger partial charge in [0.15, 0.2) is 0 Å². The maximum atomic E-state index is 11.0. The third kappa shape index (κ3) is 8.12. The number of nitrogens with two attached hydrogens (primary N) is 1. The Bertz CT molecular complexity index is 140. The summed E-state index contributed by atoms with van der Waals surface area (Å²) in [6.45, 7) is 2.46. The summed E-state index contributed by atoms with van der Waals surface area (Å²) in [5.74, 6) is 1.16. The monoisotopic (exact) mass is 204 g/mol. The summed E-state index contributed by atoms with van der Waals surface area (Å²) in [5.41, 5.74) is 5.38. The van der Waals surface area contributed by atoms with Gasteiger partial charge < -0.3 is 11.1 Å². The van der Waals surface area contributed by atoms with Crippen molar-refractivity contribution in [1.82, 2.24) is 5.32 Å². The standard InChI is InChI=1S/C9H20N2OS/c1-8(10)9(12)11-6-4-3-5-7-13-2/h8H,3-7,10H2,1-2H3,(H,11,12)/t8-/m0/s1. The van der Waals surface area contributed by atoms with E-state index < -0.39 is 0 Å². The van der Waals surface area contributed by atoms with Gasteiger partial charge >= 0.3 is 0 Å². The average Bonchev–Trinajstić information content (AvgIpc) is 2.10. The van der Waals surface area contributed by atoms with Crippen LogP contribution in [0.2, 0.25) is 0 Å². The quantitative estimate of drug-likeness (QED) is 0.608. The van der Waals surface area contributed by atoms with Crippen LogP contribution in [0.25, 0.3) is 0 Å². The van der Waals surface area contributed by atoms with E-state index in [0.717, 1.165) is 13.0 Å². The summed E-state index contributed by atoms with van der Waals surface area (Å²) in [4.78, 5) is 11.0. The number of unbranched alkanes of at least 4 members (excludes halogenated alkanes) is 2. The third-order valence-electron chi connectivity index (χ3n) is 1.74. The van der Waals surface area contributed by atoms with Crippen molar-refractivity contribution < 1.29 is 4.79 Å². The van der Waals surface area contributed by atoms with Gasteiger partial charge in [0.25, 0.3) is 0 Å². The first-order chi connectivity index (χ1) is 6.18. The number of hydrogen-bond donors (Lipinski definition) is 2. The largest absolute Gasteiger partial charge is 0.355 e. The van der Waals surface area contributed by atoms with Crippen molar-refractivity contribution in [3.63, 3.8) is 0 Å². The van der Waals surface area contributed by atoms with Gasteiger partial charge in [0.1, 0.15) is 0 Å². The van der Waals surface area contributed by atoms with E-state index in [2.05, 4.69) is 11.6 Å². The van der Waals surface area contributed by atoms with E-state index in [1.165, 1.54) is 18.6 Å². The van der Waals surface area contributed by atoms with Crippen LogP contribution in [0.5, 0.6) is 0 Å². The van der Waals surface area contributed by atoms with Crippen LogP contribution in [0, 0.1) is 0 Å². The first-order valence-electron chi connectivity index (χ1n) is 4.70. The lowest BCUT2D eigenvalue weighted by Crippen LogP contribution is -2.38. The van der Waals surface area contributed by atoms with Crippen molar-refractivity contribution in [2.45, 2.75) is 32.2 Å². The zero-order valence-corrected chi connectivity index (χ0v) is 9.32. The van der Waals surface area contributed by atoms with E-state index in [9.17, 15) is 4.79 Å². The van der Waals surface area contributed by atoms with E-state index in [1.807, 2.05) is 11.8 Å². The van der Waals surface area contributed by atoms with Crippen LogP contribution in [0.15, 0.2) is 0 Å². The number of hydrogen-bond acceptors (Lipinski definition) is 3. The molecule has 78 valence electrons. The lowest BCUT2D eigenvalue weighted by Gasteiger charge is -2.06. The van der Waals surface area contributed by atoms with Crippen LogP contribution >= 0.6 is 11.8 Å². The summed E-state index contributed by atoms with van der Waals surface area (Å²) >= 11 is 1.86. The second-order valence-electron chi connectivity index (χ2n) is 3.13. The van der Waals surface area contributed by atoms with Crippen LogP contribution in [0.3, 0.4) is 0 Å². The molecule has 0 rings (SSSR count). The molecule has 0 heterocycles. The minimum atomic E-state index is -0.383. The second-order valence-corrected chi connectivity index (χ2v) is 4.12. The number of carbonyl (C=O) groups is 1. The Hall–Kier alpha value is -0.220. The van der Waals surface area contributed by atoms with Crippen molar-refractivity contribution in [3.05, 3.63) is 0 Å². The van der Waals surface area contributed by atoms with Crippen molar-refractivity contribution in [1.29, 1.82) is 0 Å². The normalized spacial score (nSPS) is 12.5. The van der Waals surface area contributed by atoms with E-state index in [-0.39, 0.29) is 11.9 Å². The molecule has 0 spiro atoms. The molecule has 0 fully saturated rings. The fourth-order valence-corrected chi connectivity index (χ4v) is 1.41. The zero-order valence-electron chi connectivity index (χ0n) is 8.51. The molecule has 3 N–H and O–H groups in total. The Balaban J connectivity index is 3.12. The van der Waals surface area contributed by atoms with E-state index in [4.69, 9.17) is 5.73 Å². The lowest BCUT2D eigenvalue weighted by atomic mass is 10.2. The van der Waals surface area contributed by atoms with Gasteiger partial charge in [-0.1, -0.05) is 6.42 Å². The molecular weight excluding hydrogens is 184 g/mol. The van der Waals surface area contributed by atoms with Crippen molar-refractivity contribution >= 4 is 17.7 Å². The first kappa shape index (κ1) is 12.8. The van der Waals surface area contributed by atoms with Crippen molar-refractivity contribution in [2.24, 2.45) is 5.73 Å². The molecule has 0 saturated carbocycles. The smallest absolute Gasteiger partial charge is 0.236 e. The van der Waals surface area contributed by atoms with Gasteiger partial charge in [0.05, 0.1) is 6.04 Å². The summed E-state index contributed by atoms with van der Waals surface area (Å²) < 4.78 is 0. The molecule has 0 unspecified atom stereocenters. The van der Waals surface area contributed by atoms with Crippen LogP contribution in [0.1, 0.15) is 26.2 Å². The number of thioether (sulfide) groups is 1. The van der Waals surface area contributed by atoms with Gasteiger partial charge in [-0.15, -0.1) is 0 Å². The zero-order chi connectivity index (χ0) is 10.1. The third-order valence-corrected chi connectivity index (χ3v) is 2.43. The Morgan fingerprint density at radius 1 is 1.46 bits per heavy atom. The molecule has 0 aliphatic heterocycles. The van der Waals surface area contributed by atoms with Crippen LogP contribution < -0.4 is 11.1 Å². The Labute approximate surface area is 84.8 Å². The highest BCUT2D eigenvalue weighted by Crippen LogP contribution is 2.01. The highest BCUT2D eigenvalue weighted by Gasteiger charge is 2.04. The molecule has 0 aliphatic carbocycles. The maximum absolute atomic E-state index is 11.0. The number of rotatable bonds is 7. The molecule has 0 radical (unpaired) electrons. The summed E-state index contributed by atoms with van der Waals surface area (Å²) in [6.07, 6.45) is 5.58. The van der Waals surface area contributed by atoms with Crippen LogP contribution in [0.4, 0.5) is 0 Å². The van der Waals surface area contributed by atoms with Gasteiger partial charge in [0, 0.05) is 6.54 Å². The molecule has 1 amide bonds. The SMILES string of the molecule is CSCCCCCNC(=O)[C@H](C)N. The Morgan fingerprint density at radius 3 is 2.69 bits per heavy atom. The van der Waals surface area contributed by atoms with Gasteiger partial charge in [-0.25, -0.2) is 0 Å². The minimum Gasteiger partial charge on any atom is -0.355 e.